The second kappa shape index (κ2) is 11.0. The van der Waals surface area contributed by atoms with Crippen LogP contribution in [0.15, 0.2) is 54.6 Å². The molecule has 1 atom stereocenters. The molecule has 0 unspecified atom stereocenters. The molecule has 1 saturated heterocycles. The fourth-order valence-corrected chi connectivity index (χ4v) is 4.05. The first-order valence-electron chi connectivity index (χ1n) is 10.9. The van der Waals surface area contributed by atoms with Gasteiger partial charge in [0.25, 0.3) is 0 Å². The van der Waals surface area contributed by atoms with Crippen molar-refractivity contribution in [3.63, 3.8) is 0 Å². The maximum Gasteiger partial charge on any atom is 0.175 e. The molecule has 1 aliphatic heterocycles. The summed E-state index contributed by atoms with van der Waals surface area (Å²) in [6, 6.07) is 18.0. The number of hydrogen-bond acceptors (Lipinski definition) is 2. The molecule has 0 aromatic heterocycles. The van der Waals surface area contributed by atoms with E-state index in [1.54, 1.807) is 4.90 Å². The number of likely N-dealkylation sites (tertiary alicyclic amines) is 1. The molecular weight excluding hydrogens is 346 g/mol. The van der Waals surface area contributed by atoms with E-state index < -0.39 is 0 Å². The number of Topliss-reactive ketones (excluding diaryl/α,β-unsaturated/α-hetero) is 1. The zero-order valence-electron chi connectivity index (χ0n) is 17.2. The van der Waals surface area contributed by atoms with Gasteiger partial charge in [0.1, 0.15) is 5.75 Å². The summed E-state index contributed by atoms with van der Waals surface area (Å²) in [5, 5.41) is 0. The van der Waals surface area contributed by atoms with Gasteiger partial charge in [-0.2, -0.15) is 0 Å². The van der Waals surface area contributed by atoms with Crippen LogP contribution >= 0.6 is 0 Å². The molecule has 2 aromatic carbocycles. The quantitative estimate of drug-likeness (QED) is 0.492. The van der Waals surface area contributed by atoms with E-state index in [2.05, 4.69) is 19.1 Å². The zero-order valence-corrected chi connectivity index (χ0v) is 17.2. The molecule has 0 aliphatic carbocycles. The van der Waals surface area contributed by atoms with Crippen LogP contribution in [0, 0.1) is 0 Å². The molecule has 1 heterocycles. The molecule has 1 fully saturated rings. The molecule has 1 aliphatic rings. The van der Waals surface area contributed by atoms with Crippen LogP contribution in [-0.4, -0.2) is 32.0 Å². The normalized spacial score (nSPS) is 15.9. The lowest BCUT2D eigenvalue weighted by Crippen LogP contribution is -3.13. The van der Waals surface area contributed by atoms with E-state index in [-0.39, 0.29) is 11.7 Å². The Morgan fingerprint density at radius 1 is 0.964 bits per heavy atom. The number of carbonyl (C=O) groups is 1. The number of ketones is 1. The zero-order chi connectivity index (χ0) is 19.6. The van der Waals surface area contributed by atoms with E-state index in [9.17, 15) is 4.79 Å². The third-order valence-corrected chi connectivity index (χ3v) is 5.73. The first kappa shape index (κ1) is 20.6. The monoisotopic (exact) mass is 380 g/mol. The minimum absolute atomic E-state index is 0.0781. The fourth-order valence-electron chi connectivity index (χ4n) is 4.05. The Morgan fingerprint density at radius 3 is 2.36 bits per heavy atom. The molecular formula is C25H34NO2+. The molecule has 150 valence electrons. The molecule has 3 rings (SSSR count). The van der Waals surface area contributed by atoms with Crippen molar-refractivity contribution in [2.24, 2.45) is 0 Å². The average Bonchev–Trinajstić information content (AvgIpc) is 2.76. The summed E-state index contributed by atoms with van der Waals surface area (Å²) < 4.78 is 5.79. The minimum Gasteiger partial charge on any atom is -0.494 e. The molecule has 0 spiro atoms. The molecule has 1 N–H and O–H groups in total. The van der Waals surface area contributed by atoms with Gasteiger partial charge in [0, 0.05) is 5.56 Å². The molecule has 0 saturated carbocycles. The summed E-state index contributed by atoms with van der Waals surface area (Å²) in [4.78, 5) is 14.9. The van der Waals surface area contributed by atoms with Gasteiger partial charge >= 0.3 is 0 Å². The highest BCUT2D eigenvalue weighted by Crippen LogP contribution is 2.22. The maximum atomic E-state index is 13.4. The van der Waals surface area contributed by atoms with Crippen molar-refractivity contribution >= 4 is 5.78 Å². The Morgan fingerprint density at radius 2 is 1.68 bits per heavy atom. The van der Waals surface area contributed by atoms with Gasteiger partial charge in [0.15, 0.2) is 5.78 Å². The molecule has 28 heavy (non-hydrogen) atoms. The van der Waals surface area contributed by atoms with Gasteiger partial charge in [-0.1, -0.05) is 50.1 Å². The van der Waals surface area contributed by atoms with Crippen LogP contribution < -0.4 is 9.64 Å². The van der Waals surface area contributed by atoms with Crippen molar-refractivity contribution in [1.29, 1.82) is 0 Å². The summed E-state index contributed by atoms with van der Waals surface area (Å²) in [6.07, 6.45) is 7.33. The van der Waals surface area contributed by atoms with Gasteiger partial charge in [-0.25, -0.2) is 0 Å². The van der Waals surface area contributed by atoms with Crippen LogP contribution in [0.3, 0.4) is 0 Å². The van der Waals surface area contributed by atoms with E-state index in [4.69, 9.17) is 4.74 Å². The number of benzene rings is 2. The number of hydrogen-bond donors (Lipinski definition) is 1. The summed E-state index contributed by atoms with van der Waals surface area (Å²) in [7, 11) is 0. The lowest BCUT2D eigenvalue weighted by atomic mass is 9.89. The van der Waals surface area contributed by atoms with Crippen molar-refractivity contribution in [3.05, 3.63) is 65.7 Å². The van der Waals surface area contributed by atoms with Crippen molar-refractivity contribution < 1.29 is 14.4 Å². The largest absolute Gasteiger partial charge is 0.494 e. The Labute approximate surface area is 169 Å². The average molecular weight is 381 g/mol. The number of nitrogens with one attached hydrogen (secondary N) is 1. The van der Waals surface area contributed by atoms with Crippen LogP contribution in [-0.2, 0) is 0 Å². The third kappa shape index (κ3) is 5.93. The van der Waals surface area contributed by atoms with E-state index in [0.29, 0.717) is 0 Å². The lowest BCUT2D eigenvalue weighted by Gasteiger charge is -2.27. The van der Waals surface area contributed by atoms with Crippen LogP contribution in [0.4, 0.5) is 0 Å². The number of quaternary nitrogens is 1. The number of carbonyl (C=O) groups excluding carboxylic acids is 1. The lowest BCUT2D eigenvalue weighted by molar-refractivity contribution is -0.905. The molecule has 3 nitrogen and oxygen atoms in total. The maximum absolute atomic E-state index is 13.4. The van der Waals surface area contributed by atoms with Crippen LogP contribution in [0.1, 0.15) is 67.3 Å². The SMILES string of the molecule is CCCCCOc1ccc(C(=O)[C@@H](C[NH+]2CCCCC2)c2ccccc2)cc1. The van der Waals surface area contributed by atoms with Crippen molar-refractivity contribution in [2.75, 3.05) is 26.2 Å². The predicted molar refractivity (Wildman–Crippen MR) is 114 cm³/mol. The second-order valence-corrected chi connectivity index (χ2v) is 7.92. The van der Waals surface area contributed by atoms with Gasteiger partial charge in [0.2, 0.25) is 0 Å². The number of ether oxygens (including phenoxy) is 1. The van der Waals surface area contributed by atoms with Crippen LogP contribution in [0.5, 0.6) is 5.75 Å². The van der Waals surface area contributed by atoms with Gasteiger partial charge in [-0.05, 0) is 55.5 Å². The van der Waals surface area contributed by atoms with Crippen molar-refractivity contribution in [2.45, 2.75) is 51.4 Å². The van der Waals surface area contributed by atoms with E-state index in [1.165, 1.54) is 45.2 Å². The Bertz CT molecular complexity index is 705. The fraction of sp³-hybridized carbons (Fsp3) is 0.480. The second-order valence-electron chi connectivity index (χ2n) is 7.92. The number of piperidine rings is 1. The van der Waals surface area contributed by atoms with E-state index in [1.807, 2.05) is 42.5 Å². The number of unbranched alkanes of at least 4 members (excludes halogenated alkanes) is 2. The van der Waals surface area contributed by atoms with Gasteiger partial charge in [-0.3, -0.25) is 4.79 Å². The van der Waals surface area contributed by atoms with E-state index in [0.717, 1.165) is 36.4 Å². The highest BCUT2D eigenvalue weighted by molar-refractivity contribution is 6.01. The first-order valence-corrected chi connectivity index (χ1v) is 10.9. The molecule has 0 amide bonds. The van der Waals surface area contributed by atoms with E-state index >= 15 is 0 Å². The smallest absolute Gasteiger partial charge is 0.175 e. The Balaban J connectivity index is 1.69. The summed E-state index contributed by atoms with van der Waals surface area (Å²) in [5.41, 5.74) is 1.91. The predicted octanol–water partition coefficient (Wildman–Crippen LogP) is 4.29. The molecule has 0 bridgehead atoms. The first-order chi connectivity index (χ1) is 13.8. The third-order valence-electron chi connectivity index (χ3n) is 5.73. The van der Waals surface area contributed by atoms with Gasteiger partial charge in [0.05, 0.1) is 32.2 Å². The minimum atomic E-state index is -0.0781. The van der Waals surface area contributed by atoms with Crippen molar-refractivity contribution in [1.82, 2.24) is 0 Å². The van der Waals surface area contributed by atoms with Crippen LogP contribution in [0.25, 0.3) is 0 Å². The summed E-state index contributed by atoms with van der Waals surface area (Å²) >= 11 is 0. The van der Waals surface area contributed by atoms with Gasteiger partial charge < -0.3 is 9.64 Å². The molecule has 3 heteroatoms. The number of rotatable bonds is 10. The van der Waals surface area contributed by atoms with Crippen LogP contribution in [0.2, 0.25) is 0 Å². The topological polar surface area (TPSA) is 30.7 Å². The van der Waals surface area contributed by atoms with Crippen molar-refractivity contribution in [3.8, 4) is 5.75 Å². The van der Waals surface area contributed by atoms with Gasteiger partial charge in [-0.15, -0.1) is 0 Å². The Hall–Kier alpha value is -2.13. The Kier molecular flexibility index (Phi) is 8.10. The molecule has 2 aromatic rings. The summed E-state index contributed by atoms with van der Waals surface area (Å²) in [6.45, 7) is 6.18. The summed E-state index contributed by atoms with van der Waals surface area (Å²) in [5.74, 6) is 0.998. The highest BCUT2D eigenvalue weighted by Gasteiger charge is 2.27. The molecule has 0 radical (unpaired) electrons. The highest BCUT2D eigenvalue weighted by atomic mass is 16.5. The standard InChI is InChI=1S/C25H33NO2/c1-2-3-10-19-28-23-15-13-22(14-16-23)25(27)24(21-11-6-4-7-12-21)20-26-17-8-5-9-18-26/h4,6-7,11-16,24H,2-3,5,8-10,17-20H2,1H3/p+1/t24-/m0/s1.